The summed E-state index contributed by atoms with van der Waals surface area (Å²) in [6.45, 7) is 3.64. The van der Waals surface area contributed by atoms with Crippen LogP contribution < -0.4 is 11.1 Å². The number of ether oxygens (including phenoxy) is 1. The maximum absolute atomic E-state index is 11.4. The fraction of sp³-hybridized carbons (Fsp3) is 0.900. The molecule has 1 amide bonds. The molecule has 82 valence electrons. The third kappa shape index (κ3) is 4.07. The molecule has 0 aromatic heterocycles. The maximum Gasteiger partial charge on any atom is 0.222 e. The average Bonchev–Trinajstić information content (AvgIpc) is 2.98. The largest absolute Gasteiger partial charge is 0.381 e. The van der Waals surface area contributed by atoms with Crippen molar-refractivity contribution in [3.63, 3.8) is 0 Å². The molecule has 1 fully saturated rings. The zero-order valence-electron chi connectivity index (χ0n) is 8.79. The molecule has 0 saturated heterocycles. The Kier molecular flexibility index (Phi) is 4.90. The zero-order chi connectivity index (χ0) is 10.4. The monoisotopic (exact) mass is 200 g/mol. The van der Waals surface area contributed by atoms with E-state index in [2.05, 4.69) is 5.32 Å². The van der Waals surface area contributed by atoms with E-state index in [1.54, 1.807) is 0 Å². The third-order valence-electron chi connectivity index (χ3n) is 2.47. The summed E-state index contributed by atoms with van der Waals surface area (Å²) >= 11 is 0. The molecule has 0 heterocycles. The molecule has 1 saturated carbocycles. The fourth-order valence-electron chi connectivity index (χ4n) is 1.46. The van der Waals surface area contributed by atoms with Gasteiger partial charge in [0.15, 0.2) is 0 Å². The summed E-state index contributed by atoms with van der Waals surface area (Å²) in [5, 5.41) is 2.94. The molecule has 1 unspecified atom stereocenters. The molecule has 0 aromatic rings. The fourth-order valence-corrected chi connectivity index (χ4v) is 1.46. The van der Waals surface area contributed by atoms with Crippen molar-refractivity contribution < 1.29 is 9.53 Å². The summed E-state index contributed by atoms with van der Waals surface area (Å²) in [4.78, 5) is 11.4. The number of carbonyl (C=O) groups is 1. The lowest BCUT2D eigenvalue weighted by molar-refractivity contribution is -0.122. The van der Waals surface area contributed by atoms with E-state index in [-0.39, 0.29) is 11.9 Å². The summed E-state index contributed by atoms with van der Waals surface area (Å²) in [5.41, 5.74) is 5.57. The van der Waals surface area contributed by atoms with E-state index < -0.39 is 0 Å². The van der Waals surface area contributed by atoms with E-state index in [0.717, 1.165) is 0 Å². The van der Waals surface area contributed by atoms with Crippen molar-refractivity contribution in [1.82, 2.24) is 5.32 Å². The molecular weight excluding hydrogens is 180 g/mol. The molecule has 0 bridgehead atoms. The molecule has 1 aliphatic carbocycles. The van der Waals surface area contributed by atoms with Crippen molar-refractivity contribution in [2.45, 2.75) is 32.2 Å². The predicted molar refractivity (Wildman–Crippen MR) is 54.8 cm³/mol. The highest BCUT2D eigenvalue weighted by Crippen LogP contribution is 2.32. The zero-order valence-corrected chi connectivity index (χ0v) is 8.79. The van der Waals surface area contributed by atoms with Crippen molar-refractivity contribution in [2.75, 3.05) is 19.8 Å². The highest BCUT2D eigenvalue weighted by atomic mass is 16.5. The number of nitrogens with one attached hydrogen (secondary N) is 1. The first-order chi connectivity index (χ1) is 6.77. The van der Waals surface area contributed by atoms with Crippen molar-refractivity contribution in [3.05, 3.63) is 0 Å². The molecular formula is C10H20N2O2. The molecule has 4 nitrogen and oxygen atoms in total. The van der Waals surface area contributed by atoms with Gasteiger partial charge in [-0.1, -0.05) is 0 Å². The van der Waals surface area contributed by atoms with Gasteiger partial charge in [-0.3, -0.25) is 4.79 Å². The van der Waals surface area contributed by atoms with Gasteiger partial charge in [-0.05, 0) is 25.7 Å². The second-order valence-electron chi connectivity index (χ2n) is 3.69. The Morgan fingerprint density at radius 2 is 2.36 bits per heavy atom. The maximum atomic E-state index is 11.4. The topological polar surface area (TPSA) is 64.3 Å². The van der Waals surface area contributed by atoms with Gasteiger partial charge < -0.3 is 15.8 Å². The Labute approximate surface area is 85.2 Å². The van der Waals surface area contributed by atoms with E-state index >= 15 is 0 Å². The number of hydrogen-bond acceptors (Lipinski definition) is 3. The van der Waals surface area contributed by atoms with Crippen LogP contribution in [0, 0.1) is 5.92 Å². The normalized spacial score (nSPS) is 17.9. The number of rotatable bonds is 7. The molecule has 0 spiro atoms. The molecule has 4 heteroatoms. The van der Waals surface area contributed by atoms with Crippen LogP contribution in [0.15, 0.2) is 0 Å². The van der Waals surface area contributed by atoms with Crippen LogP contribution >= 0.6 is 0 Å². The predicted octanol–water partition coefficient (Wildman–Crippen LogP) is 0.267. The van der Waals surface area contributed by atoms with Crippen LogP contribution in [-0.4, -0.2) is 31.7 Å². The van der Waals surface area contributed by atoms with E-state index in [1.807, 2.05) is 6.92 Å². The van der Waals surface area contributed by atoms with Crippen LogP contribution in [0.4, 0.5) is 0 Å². The molecule has 1 atom stereocenters. The summed E-state index contributed by atoms with van der Waals surface area (Å²) in [6.07, 6.45) is 2.85. The van der Waals surface area contributed by atoms with Gasteiger partial charge in [0.2, 0.25) is 5.91 Å². The van der Waals surface area contributed by atoms with Crippen molar-refractivity contribution in [2.24, 2.45) is 11.7 Å². The second kappa shape index (κ2) is 5.98. The smallest absolute Gasteiger partial charge is 0.222 e. The molecule has 0 aliphatic heterocycles. The molecule has 0 aromatic carbocycles. The first kappa shape index (κ1) is 11.5. The van der Waals surface area contributed by atoms with Gasteiger partial charge >= 0.3 is 0 Å². The van der Waals surface area contributed by atoms with Crippen LogP contribution in [0.1, 0.15) is 26.2 Å². The number of hydrogen-bond donors (Lipinski definition) is 2. The molecule has 3 N–H and O–H groups in total. The van der Waals surface area contributed by atoms with Gasteiger partial charge in [0.1, 0.15) is 0 Å². The third-order valence-corrected chi connectivity index (χ3v) is 2.47. The van der Waals surface area contributed by atoms with Gasteiger partial charge in [-0.25, -0.2) is 0 Å². The summed E-state index contributed by atoms with van der Waals surface area (Å²) < 4.78 is 5.10. The Bertz CT molecular complexity index is 181. The van der Waals surface area contributed by atoms with Gasteiger partial charge in [0, 0.05) is 25.6 Å². The minimum atomic E-state index is 0.0563. The first-order valence-corrected chi connectivity index (χ1v) is 5.35. The summed E-state index contributed by atoms with van der Waals surface area (Å²) in [5.74, 6) is 0.678. The summed E-state index contributed by atoms with van der Waals surface area (Å²) in [7, 11) is 0. The van der Waals surface area contributed by atoms with Crippen LogP contribution in [0.5, 0.6) is 0 Å². The van der Waals surface area contributed by atoms with Gasteiger partial charge in [0.05, 0.1) is 6.61 Å². The Balaban J connectivity index is 2.11. The Morgan fingerprint density at radius 1 is 1.64 bits per heavy atom. The number of carbonyl (C=O) groups excluding carboxylic acids is 1. The SMILES string of the molecule is CCOCCC(=O)NC(CN)C1CC1. The number of amides is 1. The molecule has 0 radical (unpaired) electrons. The quantitative estimate of drug-likeness (QED) is 0.580. The lowest BCUT2D eigenvalue weighted by atomic mass is 10.2. The standard InChI is InChI=1S/C10H20N2O2/c1-2-14-6-5-10(13)12-9(7-11)8-3-4-8/h8-9H,2-7,11H2,1H3,(H,12,13). The van der Waals surface area contributed by atoms with Crippen molar-refractivity contribution >= 4 is 5.91 Å². The highest BCUT2D eigenvalue weighted by Gasteiger charge is 2.30. The molecule has 1 rings (SSSR count). The van der Waals surface area contributed by atoms with Crippen molar-refractivity contribution in [3.8, 4) is 0 Å². The number of nitrogens with two attached hydrogens (primary N) is 1. The lowest BCUT2D eigenvalue weighted by Gasteiger charge is -2.15. The lowest BCUT2D eigenvalue weighted by Crippen LogP contribution is -2.42. The summed E-state index contributed by atoms with van der Waals surface area (Å²) in [6, 6.07) is 0.184. The average molecular weight is 200 g/mol. The van der Waals surface area contributed by atoms with E-state index in [0.29, 0.717) is 32.1 Å². The minimum Gasteiger partial charge on any atom is -0.381 e. The van der Waals surface area contributed by atoms with E-state index in [4.69, 9.17) is 10.5 Å². The van der Waals surface area contributed by atoms with E-state index in [1.165, 1.54) is 12.8 Å². The van der Waals surface area contributed by atoms with Crippen LogP contribution in [-0.2, 0) is 9.53 Å². The van der Waals surface area contributed by atoms with Crippen LogP contribution in [0.2, 0.25) is 0 Å². The Hall–Kier alpha value is -0.610. The van der Waals surface area contributed by atoms with Crippen LogP contribution in [0.25, 0.3) is 0 Å². The van der Waals surface area contributed by atoms with E-state index in [9.17, 15) is 4.79 Å². The highest BCUT2D eigenvalue weighted by molar-refractivity contribution is 5.76. The van der Waals surface area contributed by atoms with Crippen LogP contribution in [0.3, 0.4) is 0 Å². The second-order valence-corrected chi connectivity index (χ2v) is 3.69. The Morgan fingerprint density at radius 3 is 2.86 bits per heavy atom. The molecule has 14 heavy (non-hydrogen) atoms. The van der Waals surface area contributed by atoms with Gasteiger partial charge in [-0.2, -0.15) is 0 Å². The first-order valence-electron chi connectivity index (χ1n) is 5.35. The van der Waals surface area contributed by atoms with Gasteiger partial charge in [-0.15, -0.1) is 0 Å². The van der Waals surface area contributed by atoms with Crippen molar-refractivity contribution in [1.29, 1.82) is 0 Å². The van der Waals surface area contributed by atoms with Gasteiger partial charge in [0.25, 0.3) is 0 Å². The minimum absolute atomic E-state index is 0.0563. The molecule has 1 aliphatic rings.